The lowest BCUT2D eigenvalue weighted by Crippen LogP contribution is -2.31. The number of amides is 1. The Morgan fingerprint density at radius 1 is 1.42 bits per heavy atom. The molecule has 3 nitrogen and oxygen atoms in total. The predicted molar refractivity (Wildman–Crippen MR) is 68.1 cm³/mol. The van der Waals surface area contributed by atoms with Crippen molar-refractivity contribution in [3.05, 3.63) is 15.6 Å². The van der Waals surface area contributed by atoms with Gasteiger partial charge in [0.25, 0.3) is 0 Å². The van der Waals surface area contributed by atoms with Gasteiger partial charge in [0.15, 0.2) is 0 Å². The molecule has 0 saturated heterocycles. The van der Waals surface area contributed by atoms with Crippen molar-refractivity contribution >= 4 is 17.2 Å². The minimum absolute atomic E-state index is 0.314. The molecule has 1 atom stereocenters. The fraction of sp³-hybridized carbons (Fsp3) is 0.667. The smallest absolute Gasteiger partial charge is 0.337 e. The Kier molecular flexibility index (Phi) is 4.95. The highest BCUT2D eigenvalue weighted by atomic mass is 32.1. The first-order chi connectivity index (χ1) is 8.61. The van der Waals surface area contributed by atoms with Gasteiger partial charge in [0, 0.05) is 18.3 Å². The number of halogens is 3. The highest BCUT2D eigenvalue weighted by Gasteiger charge is 2.30. The van der Waals surface area contributed by atoms with Crippen molar-refractivity contribution in [2.24, 2.45) is 0 Å². The van der Waals surface area contributed by atoms with Crippen molar-refractivity contribution in [1.29, 1.82) is 0 Å². The molecule has 0 bridgehead atoms. The van der Waals surface area contributed by atoms with E-state index in [9.17, 15) is 18.0 Å². The fourth-order valence-electron chi connectivity index (χ4n) is 1.76. The van der Waals surface area contributed by atoms with Crippen molar-refractivity contribution in [3.63, 3.8) is 0 Å². The minimum atomic E-state index is -4.30. The summed E-state index contributed by atoms with van der Waals surface area (Å²) in [7, 11) is 1.51. The monoisotopic (exact) mass is 294 g/mol. The fourth-order valence-corrected chi connectivity index (χ4v) is 2.66. The van der Waals surface area contributed by atoms with E-state index in [4.69, 9.17) is 0 Å². The molecule has 1 aromatic heterocycles. The first-order valence-corrected chi connectivity index (χ1v) is 6.70. The number of carbonyl (C=O) groups is 1. The summed E-state index contributed by atoms with van der Waals surface area (Å²) >= 11 is 1.52. The van der Waals surface area contributed by atoms with Gasteiger partial charge in [0.2, 0.25) is 5.91 Å². The van der Waals surface area contributed by atoms with E-state index in [0.29, 0.717) is 0 Å². The second-order valence-corrected chi connectivity index (χ2v) is 5.88. The van der Waals surface area contributed by atoms with Gasteiger partial charge in [-0.05, 0) is 20.8 Å². The molecule has 1 heterocycles. The van der Waals surface area contributed by atoms with Crippen LogP contribution in [0.2, 0.25) is 0 Å². The van der Waals surface area contributed by atoms with Crippen molar-refractivity contribution in [3.8, 4) is 0 Å². The number of nitrogens with zero attached hydrogens (tertiary/aromatic N) is 2. The summed E-state index contributed by atoms with van der Waals surface area (Å²) in [4.78, 5) is 18.4. The molecule has 0 spiro atoms. The molecule has 0 radical (unpaired) electrons. The zero-order valence-electron chi connectivity index (χ0n) is 11.3. The van der Waals surface area contributed by atoms with E-state index in [1.165, 1.54) is 23.3 Å². The van der Waals surface area contributed by atoms with Gasteiger partial charge in [-0.2, -0.15) is 13.2 Å². The van der Waals surface area contributed by atoms with Gasteiger partial charge < -0.3 is 4.90 Å². The lowest BCUT2D eigenvalue weighted by Gasteiger charge is -2.24. The van der Waals surface area contributed by atoms with Crippen LogP contribution in [0.25, 0.3) is 0 Å². The predicted octanol–water partition coefficient (Wildman–Crippen LogP) is 3.62. The number of aryl methyl sites for hydroxylation is 2. The van der Waals surface area contributed by atoms with E-state index >= 15 is 0 Å². The molecule has 0 aliphatic rings. The van der Waals surface area contributed by atoms with E-state index < -0.39 is 24.9 Å². The maximum atomic E-state index is 12.1. The van der Waals surface area contributed by atoms with Gasteiger partial charge in [-0.3, -0.25) is 4.79 Å². The van der Waals surface area contributed by atoms with Gasteiger partial charge >= 0.3 is 6.18 Å². The van der Waals surface area contributed by atoms with Gasteiger partial charge in [-0.25, -0.2) is 4.98 Å². The van der Waals surface area contributed by atoms with E-state index in [-0.39, 0.29) is 6.04 Å². The lowest BCUT2D eigenvalue weighted by molar-refractivity contribution is -0.149. The third-order valence-corrected chi connectivity index (χ3v) is 3.83. The largest absolute Gasteiger partial charge is 0.389 e. The molecule has 0 saturated carbocycles. The summed E-state index contributed by atoms with van der Waals surface area (Å²) in [6, 6.07) is -0.314. The molecule has 108 valence electrons. The Hall–Kier alpha value is -1.11. The van der Waals surface area contributed by atoms with Crippen LogP contribution >= 0.6 is 11.3 Å². The Balaban J connectivity index is 2.69. The molecule has 0 fully saturated rings. The summed E-state index contributed by atoms with van der Waals surface area (Å²) in [5, 5.41) is 0.885. The van der Waals surface area contributed by atoms with Crippen LogP contribution in [0.3, 0.4) is 0 Å². The van der Waals surface area contributed by atoms with Gasteiger partial charge in [-0.1, -0.05) is 0 Å². The first-order valence-electron chi connectivity index (χ1n) is 5.88. The van der Waals surface area contributed by atoms with Crippen LogP contribution in [0.4, 0.5) is 13.2 Å². The zero-order valence-corrected chi connectivity index (χ0v) is 12.2. The van der Waals surface area contributed by atoms with Crippen LogP contribution in [0, 0.1) is 13.8 Å². The number of thiazole rings is 1. The average molecular weight is 294 g/mol. The molecule has 1 aromatic rings. The molecule has 1 rings (SSSR count). The third-order valence-electron chi connectivity index (χ3n) is 2.93. The summed E-state index contributed by atoms with van der Waals surface area (Å²) in [5.41, 5.74) is 0.755. The zero-order chi connectivity index (χ0) is 14.8. The Morgan fingerprint density at radius 3 is 2.42 bits per heavy atom. The van der Waals surface area contributed by atoms with Gasteiger partial charge in [-0.15, -0.1) is 11.3 Å². The van der Waals surface area contributed by atoms with Crippen LogP contribution in [-0.4, -0.2) is 29.0 Å². The van der Waals surface area contributed by atoms with E-state index in [0.717, 1.165) is 15.6 Å². The van der Waals surface area contributed by atoms with Crippen molar-refractivity contribution < 1.29 is 18.0 Å². The molecule has 1 unspecified atom stereocenters. The Bertz CT molecular complexity index is 456. The summed E-state index contributed by atoms with van der Waals surface area (Å²) < 4.78 is 36.3. The standard InChI is InChI=1S/C12H17F3N2OS/c1-7(11-8(2)19-9(3)16-11)17(4)10(18)5-6-12(13,14)15/h7H,5-6H2,1-4H3. The van der Waals surface area contributed by atoms with Crippen LogP contribution in [0.5, 0.6) is 0 Å². The van der Waals surface area contributed by atoms with Gasteiger partial charge in [0.1, 0.15) is 0 Å². The van der Waals surface area contributed by atoms with Crippen LogP contribution in [0.15, 0.2) is 0 Å². The maximum Gasteiger partial charge on any atom is 0.389 e. The van der Waals surface area contributed by atoms with E-state index in [2.05, 4.69) is 4.98 Å². The quantitative estimate of drug-likeness (QED) is 0.849. The second-order valence-electron chi connectivity index (χ2n) is 4.47. The molecule has 7 heteroatoms. The highest BCUT2D eigenvalue weighted by Crippen LogP contribution is 2.27. The minimum Gasteiger partial charge on any atom is -0.337 e. The Morgan fingerprint density at radius 2 is 2.00 bits per heavy atom. The third kappa shape index (κ3) is 4.49. The molecule has 0 N–H and O–H groups in total. The number of rotatable bonds is 4. The van der Waals surface area contributed by atoms with Crippen molar-refractivity contribution in [2.75, 3.05) is 7.05 Å². The van der Waals surface area contributed by atoms with E-state index in [1.54, 1.807) is 6.92 Å². The van der Waals surface area contributed by atoms with Crippen LogP contribution in [-0.2, 0) is 4.79 Å². The number of aromatic nitrogens is 1. The maximum absolute atomic E-state index is 12.1. The topological polar surface area (TPSA) is 33.2 Å². The molecular weight excluding hydrogens is 277 g/mol. The van der Waals surface area contributed by atoms with Gasteiger partial charge in [0.05, 0.1) is 23.2 Å². The molecule has 0 aromatic carbocycles. The molecule has 0 aliphatic heterocycles. The molecule has 0 aliphatic carbocycles. The summed E-state index contributed by atoms with van der Waals surface area (Å²) in [5.74, 6) is -0.519. The molecule has 1 amide bonds. The van der Waals surface area contributed by atoms with Crippen molar-refractivity contribution in [1.82, 2.24) is 9.88 Å². The summed E-state index contributed by atoms with van der Waals surface area (Å²) in [6.07, 6.45) is -5.91. The first kappa shape index (κ1) is 15.9. The normalized spacial score (nSPS) is 13.4. The average Bonchev–Trinajstić information content (AvgIpc) is 2.62. The number of alkyl halides is 3. The molecular formula is C12H17F3N2OS. The Labute approximate surface area is 114 Å². The second kappa shape index (κ2) is 5.90. The van der Waals surface area contributed by atoms with Crippen LogP contribution in [0.1, 0.15) is 41.4 Å². The number of hydrogen-bond donors (Lipinski definition) is 0. The molecule has 19 heavy (non-hydrogen) atoms. The number of carbonyl (C=O) groups excluding carboxylic acids is 1. The highest BCUT2D eigenvalue weighted by molar-refractivity contribution is 7.11. The number of hydrogen-bond acceptors (Lipinski definition) is 3. The van der Waals surface area contributed by atoms with E-state index in [1.807, 2.05) is 13.8 Å². The SMILES string of the molecule is Cc1nc(C(C)N(C)C(=O)CCC(F)(F)F)c(C)s1. The van der Waals surface area contributed by atoms with Crippen molar-refractivity contribution in [2.45, 2.75) is 45.8 Å². The lowest BCUT2D eigenvalue weighted by atomic mass is 10.1. The van der Waals surface area contributed by atoms with Crippen LogP contribution < -0.4 is 0 Å². The summed E-state index contributed by atoms with van der Waals surface area (Å²) in [6.45, 7) is 5.52.